The first-order chi connectivity index (χ1) is 18.4. The molecule has 0 bridgehead atoms. The van der Waals surface area contributed by atoms with Gasteiger partial charge in [0.15, 0.2) is 0 Å². The second-order valence-corrected chi connectivity index (χ2v) is 12.0. The monoisotopic (exact) mass is 539 g/mol. The standard InChI is InChI=1S/C27H30FN5O4S/c1-36-19-27-14-20-15-30-33(23-4-2-22(28)3-5-23)26(20)12-21(27)6-7-32(18-27)38(34,35)25-13-24(16-29-17-25)31-8-10-37-11-9-31/h2-5,12-13,15-17H,6-11,14,18-19H2,1H3/t27-/m1/s1. The van der Waals surface area contributed by atoms with Crippen LogP contribution in [0.1, 0.15) is 17.7 Å². The third kappa shape index (κ3) is 4.43. The van der Waals surface area contributed by atoms with Crippen LogP contribution in [0, 0.1) is 11.2 Å². The molecule has 11 heteroatoms. The van der Waals surface area contributed by atoms with Crippen molar-refractivity contribution in [3.63, 3.8) is 0 Å². The molecule has 0 radical (unpaired) electrons. The van der Waals surface area contributed by atoms with Crippen molar-refractivity contribution in [2.24, 2.45) is 5.41 Å². The molecule has 1 aromatic carbocycles. The number of piperidine rings is 1. The molecular formula is C27H30FN5O4S. The van der Waals surface area contributed by atoms with E-state index in [-0.39, 0.29) is 10.7 Å². The summed E-state index contributed by atoms with van der Waals surface area (Å²) in [4.78, 5) is 6.56. The average Bonchev–Trinajstić information content (AvgIpc) is 3.34. The van der Waals surface area contributed by atoms with E-state index in [0.29, 0.717) is 58.8 Å². The summed E-state index contributed by atoms with van der Waals surface area (Å²) >= 11 is 0. The summed E-state index contributed by atoms with van der Waals surface area (Å²) in [5.74, 6) is -0.300. The lowest BCUT2D eigenvalue weighted by molar-refractivity contribution is 0.0733. The zero-order chi connectivity index (χ0) is 26.3. The lowest BCUT2D eigenvalue weighted by atomic mass is 9.69. The second-order valence-electron chi connectivity index (χ2n) is 10.1. The summed E-state index contributed by atoms with van der Waals surface area (Å²) in [6.45, 7) is 3.67. The molecule has 3 aliphatic rings. The number of pyridine rings is 1. The van der Waals surface area contributed by atoms with E-state index >= 15 is 0 Å². The predicted molar refractivity (Wildman–Crippen MR) is 140 cm³/mol. The zero-order valence-corrected chi connectivity index (χ0v) is 22.0. The first-order valence-electron chi connectivity index (χ1n) is 12.7. The predicted octanol–water partition coefficient (Wildman–Crippen LogP) is 2.91. The number of methoxy groups -OCH3 is 1. The molecule has 2 aliphatic heterocycles. The van der Waals surface area contributed by atoms with E-state index in [0.717, 1.165) is 28.2 Å². The number of hydrogen-bond acceptors (Lipinski definition) is 7. The summed E-state index contributed by atoms with van der Waals surface area (Å²) < 4.78 is 55.6. The van der Waals surface area contributed by atoms with Gasteiger partial charge < -0.3 is 14.4 Å². The van der Waals surface area contributed by atoms with Crippen LogP contribution < -0.4 is 4.90 Å². The van der Waals surface area contributed by atoms with Crippen LogP contribution >= 0.6 is 0 Å². The Bertz CT molecular complexity index is 1470. The number of hydrogen-bond donors (Lipinski definition) is 0. The highest BCUT2D eigenvalue weighted by Crippen LogP contribution is 2.45. The summed E-state index contributed by atoms with van der Waals surface area (Å²) in [5.41, 5.74) is 4.15. The van der Waals surface area contributed by atoms with E-state index in [2.05, 4.69) is 21.1 Å². The van der Waals surface area contributed by atoms with Crippen LogP contribution in [0.4, 0.5) is 10.1 Å². The maximum absolute atomic E-state index is 13.8. The number of sulfonamides is 1. The Morgan fingerprint density at radius 3 is 2.63 bits per heavy atom. The van der Waals surface area contributed by atoms with Gasteiger partial charge in [-0.05, 0) is 54.8 Å². The van der Waals surface area contributed by atoms with Gasteiger partial charge in [0.25, 0.3) is 0 Å². The van der Waals surface area contributed by atoms with E-state index in [1.807, 2.05) is 10.9 Å². The van der Waals surface area contributed by atoms with E-state index < -0.39 is 15.4 Å². The molecule has 2 fully saturated rings. The smallest absolute Gasteiger partial charge is 0.244 e. The largest absolute Gasteiger partial charge is 0.384 e. The molecule has 0 spiro atoms. The first-order valence-corrected chi connectivity index (χ1v) is 14.1. The Morgan fingerprint density at radius 1 is 1.08 bits per heavy atom. The molecule has 6 rings (SSSR count). The molecule has 3 aromatic rings. The van der Waals surface area contributed by atoms with Crippen molar-refractivity contribution in [2.45, 2.75) is 17.7 Å². The third-order valence-corrected chi connectivity index (χ3v) is 9.53. The normalized spacial score (nSPS) is 22.1. The van der Waals surface area contributed by atoms with Gasteiger partial charge in [-0.15, -0.1) is 0 Å². The summed E-state index contributed by atoms with van der Waals surface area (Å²) in [5, 5.41) is 4.57. The molecule has 0 unspecified atom stereocenters. The molecule has 1 aliphatic carbocycles. The molecule has 4 heterocycles. The number of rotatable bonds is 6. The first kappa shape index (κ1) is 25.2. The molecule has 0 amide bonds. The van der Waals surface area contributed by atoms with E-state index in [1.165, 1.54) is 18.3 Å². The molecule has 2 aromatic heterocycles. The van der Waals surface area contributed by atoms with Crippen molar-refractivity contribution in [2.75, 3.05) is 58.0 Å². The number of fused-ring (bicyclic) bond motifs is 2. The number of aromatic nitrogens is 3. The number of benzene rings is 1. The van der Waals surface area contributed by atoms with Crippen LogP contribution in [0.2, 0.25) is 0 Å². The number of morpholine rings is 1. The Morgan fingerprint density at radius 2 is 1.87 bits per heavy atom. The van der Waals surface area contributed by atoms with Gasteiger partial charge in [-0.25, -0.2) is 17.5 Å². The van der Waals surface area contributed by atoms with Crippen molar-refractivity contribution in [1.82, 2.24) is 19.1 Å². The second kappa shape index (κ2) is 9.88. The molecular weight excluding hydrogens is 509 g/mol. The highest BCUT2D eigenvalue weighted by molar-refractivity contribution is 7.89. The molecule has 0 N–H and O–H groups in total. The molecule has 1 atom stereocenters. The summed E-state index contributed by atoms with van der Waals surface area (Å²) in [7, 11) is -2.13. The molecule has 200 valence electrons. The average molecular weight is 540 g/mol. The van der Waals surface area contributed by atoms with Gasteiger partial charge in [-0.3, -0.25) is 4.98 Å². The van der Waals surface area contributed by atoms with Crippen LogP contribution in [0.25, 0.3) is 11.8 Å². The Hall–Kier alpha value is -3.12. The summed E-state index contributed by atoms with van der Waals surface area (Å²) in [6.07, 6.45) is 8.23. The van der Waals surface area contributed by atoms with Crippen molar-refractivity contribution in [1.29, 1.82) is 0 Å². The molecule has 9 nitrogen and oxygen atoms in total. The van der Waals surface area contributed by atoms with Gasteiger partial charge in [-0.1, -0.05) is 5.57 Å². The van der Waals surface area contributed by atoms with Crippen LogP contribution in [0.3, 0.4) is 0 Å². The highest BCUT2D eigenvalue weighted by Gasteiger charge is 2.46. The van der Waals surface area contributed by atoms with Gasteiger partial charge in [0.2, 0.25) is 10.0 Å². The van der Waals surface area contributed by atoms with Crippen LogP contribution in [-0.4, -0.2) is 80.6 Å². The van der Waals surface area contributed by atoms with Crippen molar-refractivity contribution < 1.29 is 22.3 Å². The summed E-state index contributed by atoms with van der Waals surface area (Å²) in [6, 6.07) is 7.95. The molecule has 2 saturated heterocycles. The Balaban J connectivity index is 1.30. The quantitative estimate of drug-likeness (QED) is 0.476. The maximum atomic E-state index is 13.8. The molecule has 38 heavy (non-hydrogen) atoms. The third-order valence-electron chi connectivity index (χ3n) is 7.72. The lowest BCUT2D eigenvalue weighted by Gasteiger charge is -2.45. The van der Waals surface area contributed by atoms with Gasteiger partial charge in [0.1, 0.15) is 10.7 Å². The van der Waals surface area contributed by atoms with Crippen molar-refractivity contribution in [3.05, 3.63) is 71.6 Å². The lowest BCUT2D eigenvalue weighted by Crippen LogP contribution is -2.51. The Kier molecular flexibility index (Phi) is 6.55. The van der Waals surface area contributed by atoms with Crippen molar-refractivity contribution >= 4 is 21.8 Å². The molecule has 0 saturated carbocycles. The van der Waals surface area contributed by atoms with Gasteiger partial charge >= 0.3 is 0 Å². The number of halogens is 1. The fourth-order valence-corrected chi connectivity index (χ4v) is 7.30. The van der Waals surface area contributed by atoms with E-state index in [9.17, 15) is 12.8 Å². The SMILES string of the molecule is COC[C@]12Cc3cnn(-c4ccc(F)cc4)c3C=C1CCN(S(=O)(=O)c1cncc(N3CCOCC3)c1)C2. The van der Waals surface area contributed by atoms with Gasteiger partial charge in [0.05, 0.1) is 49.3 Å². The number of anilines is 1. The van der Waals surface area contributed by atoms with E-state index in [1.54, 1.807) is 35.8 Å². The maximum Gasteiger partial charge on any atom is 0.244 e. The number of nitrogens with zero attached hydrogens (tertiary/aromatic N) is 5. The topological polar surface area (TPSA) is 89.8 Å². The zero-order valence-electron chi connectivity index (χ0n) is 21.2. The van der Waals surface area contributed by atoms with Gasteiger partial charge in [-0.2, -0.15) is 9.40 Å². The van der Waals surface area contributed by atoms with E-state index in [4.69, 9.17) is 9.47 Å². The highest BCUT2D eigenvalue weighted by atomic mass is 32.2. The fourth-order valence-electron chi connectivity index (χ4n) is 5.79. The van der Waals surface area contributed by atoms with Gasteiger partial charge in [0, 0.05) is 44.9 Å². The van der Waals surface area contributed by atoms with Crippen LogP contribution in [0.5, 0.6) is 0 Å². The minimum absolute atomic E-state index is 0.196. The minimum Gasteiger partial charge on any atom is -0.384 e. The van der Waals surface area contributed by atoms with Crippen LogP contribution in [0.15, 0.2) is 59.4 Å². The minimum atomic E-state index is -3.78. The fraction of sp³-hybridized carbons (Fsp3) is 0.407. The Labute approximate surface area is 221 Å². The van der Waals surface area contributed by atoms with Crippen molar-refractivity contribution in [3.8, 4) is 5.69 Å². The number of ether oxygens (including phenoxy) is 2. The van der Waals surface area contributed by atoms with Crippen LogP contribution in [-0.2, 0) is 25.9 Å².